The number of nitrogens with one attached hydrogen (secondary N) is 3. The number of Topliss-reactive ketones (excluding diaryl/α,β-unsaturated/α-hetero) is 1. The van der Waals surface area contributed by atoms with Gasteiger partial charge in [-0.1, -0.05) is 24.6 Å². The maximum absolute atomic E-state index is 13.2. The minimum atomic E-state index is -1.02. The van der Waals surface area contributed by atoms with Gasteiger partial charge < -0.3 is 16.0 Å². The number of hydrogen-bond donors (Lipinski definition) is 3. The van der Waals surface area contributed by atoms with Gasteiger partial charge in [-0.2, -0.15) is 5.26 Å². The van der Waals surface area contributed by atoms with Crippen LogP contribution in [-0.4, -0.2) is 48.4 Å². The van der Waals surface area contributed by atoms with Gasteiger partial charge in [0, 0.05) is 17.6 Å². The number of rotatable bonds is 9. The summed E-state index contributed by atoms with van der Waals surface area (Å²) < 4.78 is 13.2. The van der Waals surface area contributed by atoms with Gasteiger partial charge in [-0.15, -0.1) is 0 Å². The predicted molar refractivity (Wildman–Crippen MR) is 136 cm³/mol. The van der Waals surface area contributed by atoms with Gasteiger partial charge in [-0.05, 0) is 54.5 Å². The molecule has 36 heavy (non-hydrogen) atoms. The average Bonchev–Trinajstić information content (AvgIpc) is 3.68. The summed E-state index contributed by atoms with van der Waals surface area (Å²) in [6, 6.07) is 9.65. The van der Waals surface area contributed by atoms with E-state index in [0.29, 0.717) is 16.7 Å². The third-order valence-corrected chi connectivity index (χ3v) is 6.74. The van der Waals surface area contributed by atoms with E-state index in [4.69, 9.17) is 11.6 Å². The summed E-state index contributed by atoms with van der Waals surface area (Å²) in [6.07, 6.45) is 4.51. The van der Waals surface area contributed by atoms with Crippen LogP contribution < -0.4 is 16.0 Å². The lowest BCUT2D eigenvalue weighted by Gasteiger charge is -2.19. The van der Waals surface area contributed by atoms with Gasteiger partial charge in [0.1, 0.15) is 6.17 Å². The fraction of sp³-hybridized carbons (Fsp3) is 0.423. The SMILES string of the molecule is CC[C@H](CC(=O)CNC(=O)c1cncc(NC2=NCC(F)CN2)c1)c1cc(Cl)cc(C2(C#N)CC2)c1. The minimum Gasteiger partial charge on any atom is -0.353 e. The van der Waals surface area contributed by atoms with Gasteiger partial charge >= 0.3 is 0 Å². The Morgan fingerprint density at radius 2 is 2.11 bits per heavy atom. The third kappa shape index (κ3) is 6.18. The number of nitriles is 1. The number of ketones is 1. The number of alkyl halides is 1. The lowest BCUT2D eigenvalue weighted by molar-refractivity contribution is -0.118. The number of anilines is 1. The number of pyridine rings is 1. The summed E-state index contributed by atoms with van der Waals surface area (Å²) in [7, 11) is 0. The van der Waals surface area contributed by atoms with Gasteiger partial charge in [0.2, 0.25) is 0 Å². The van der Waals surface area contributed by atoms with Crippen LogP contribution in [-0.2, 0) is 10.2 Å². The molecule has 4 rings (SSSR count). The summed E-state index contributed by atoms with van der Waals surface area (Å²) in [5.74, 6) is -0.189. The Bertz CT molecular complexity index is 1220. The highest BCUT2D eigenvalue weighted by Crippen LogP contribution is 2.48. The van der Waals surface area contributed by atoms with E-state index in [1.165, 1.54) is 12.4 Å². The van der Waals surface area contributed by atoms with Crippen molar-refractivity contribution in [3.63, 3.8) is 0 Å². The molecule has 0 radical (unpaired) electrons. The number of nitrogens with zero attached hydrogens (tertiary/aromatic N) is 3. The zero-order valence-electron chi connectivity index (χ0n) is 20.0. The maximum Gasteiger partial charge on any atom is 0.253 e. The van der Waals surface area contributed by atoms with Crippen molar-refractivity contribution in [2.24, 2.45) is 4.99 Å². The number of carbonyl (C=O) groups is 2. The molecule has 2 aliphatic rings. The molecule has 3 N–H and O–H groups in total. The first-order valence-electron chi connectivity index (χ1n) is 12.0. The van der Waals surface area contributed by atoms with E-state index < -0.39 is 17.5 Å². The maximum atomic E-state index is 13.2. The second-order valence-electron chi connectivity index (χ2n) is 9.25. The van der Waals surface area contributed by atoms with Crippen molar-refractivity contribution in [2.75, 3.05) is 25.0 Å². The highest BCUT2D eigenvalue weighted by molar-refractivity contribution is 6.30. The predicted octanol–water partition coefficient (Wildman–Crippen LogP) is 3.88. The van der Waals surface area contributed by atoms with Crippen molar-refractivity contribution in [1.82, 2.24) is 15.6 Å². The summed E-state index contributed by atoms with van der Waals surface area (Å²) in [4.78, 5) is 33.5. The number of benzene rings is 1. The van der Waals surface area contributed by atoms with Crippen molar-refractivity contribution in [3.8, 4) is 6.07 Å². The average molecular weight is 511 g/mol. The lowest BCUT2D eigenvalue weighted by atomic mass is 9.87. The van der Waals surface area contributed by atoms with Gasteiger partial charge in [-0.3, -0.25) is 14.6 Å². The molecule has 1 fully saturated rings. The summed E-state index contributed by atoms with van der Waals surface area (Å²) in [5.41, 5.74) is 2.19. The van der Waals surface area contributed by atoms with Crippen LogP contribution in [0.15, 0.2) is 41.7 Å². The van der Waals surface area contributed by atoms with Gasteiger partial charge in [0.15, 0.2) is 11.7 Å². The minimum absolute atomic E-state index is 0.0665. The largest absolute Gasteiger partial charge is 0.353 e. The lowest BCUT2D eigenvalue weighted by Crippen LogP contribution is -2.41. The molecule has 1 aromatic heterocycles. The standard InChI is InChI=1S/C26H28ClFN6O2/c1-2-16(17-5-19(9-20(27)6-17)26(15-29)3-4-26)8-23(35)14-31-24(36)18-7-22(13-30-10-18)34-25-32-11-21(28)12-33-25/h5-7,9-10,13,16,21H,2-4,8,11-12,14H2,1H3,(H,31,36)(H2,32,33,34)/t16-/m1/s1. The number of halogens is 2. The van der Waals surface area contributed by atoms with Crippen LogP contribution in [0.4, 0.5) is 10.1 Å². The van der Waals surface area contributed by atoms with Gasteiger partial charge in [-0.25, -0.2) is 9.38 Å². The molecule has 10 heteroatoms. The van der Waals surface area contributed by atoms with E-state index in [1.807, 2.05) is 25.1 Å². The van der Waals surface area contributed by atoms with Crippen LogP contribution in [0.5, 0.6) is 0 Å². The zero-order valence-corrected chi connectivity index (χ0v) is 20.7. The van der Waals surface area contributed by atoms with E-state index in [2.05, 4.69) is 32.0 Å². The molecule has 1 amide bonds. The first-order chi connectivity index (χ1) is 17.3. The number of guanidine groups is 1. The van der Waals surface area contributed by atoms with Crippen LogP contribution >= 0.6 is 11.6 Å². The van der Waals surface area contributed by atoms with Gasteiger partial charge in [0.05, 0.1) is 48.6 Å². The molecular formula is C26H28ClFN6O2. The number of aromatic nitrogens is 1. The Labute approximate surface area is 214 Å². The molecule has 1 saturated carbocycles. The quantitative estimate of drug-likeness (QED) is 0.471. The number of carbonyl (C=O) groups excluding carboxylic acids is 2. The first kappa shape index (κ1) is 25.6. The van der Waals surface area contributed by atoms with E-state index in [0.717, 1.165) is 30.4 Å². The van der Waals surface area contributed by atoms with Crippen molar-refractivity contribution in [2.45, 2.75) is 50.1 Å². The van der Waals surface area contributed by atoms with E-state index in [9.17, 15) is 19.2 Å². The van der Waals surface area contributed by atoms with Crippen molar-refractivity contribution in [3.05, 3.63) is 58.4 Å². The molecule has 2 aromatic rings. The normalized spacial score (nSPS) is 18.7. The highest BCUT2D eigenvalue weighted by atomic mass is 35.5. The topological polar surface area (TPSA) is 119 Å². The van der Waals surface area contributed by atoms with Crippen LogP contribution in [0, 0.1) is 11.3 Å². The molecule has 2 heterocycles. The zero-order chi connectivity index (χ0) is 25.7. The Kier molecular flexibility index (Phi) is 7.85. The fourth-order valence-corrected chi connectivity index (χ4v) is 4.45. The highest BCUT2D eigenvalue weighted by Gasteiger charge is 2.45. The molecule has 2 atom stereocenters. The third-order valence-electron chi connectivity index (χ3n) is 6.52. The molecule has 1 aliphatic heterocycles. The van der Waals surface area contributed by atoms with Crippen LogP contribution in [0.3, 0.4) is 0 Å². The molecule has 1 aliphatic carbocycles. The Morgan fingerprint density at radius 1 is 1.31 bits per heavy atom. The number of hydrogen-bond acceptors (Lipinski definition) is 7. The Morgan fingerprint density at radius 3 is 2.78 bits per heavy atom. The Hall–Kier alpha value is -3.51. The summed E-state index contributed by atoms with van der Waals surface area (Å²) in [6.45, 7) is 2.11. The molecular weight excluding hydrogens is 483 g/mol. The molecule has 8 nitrogen and oxygen atoms in total. The van der Waals surface area contributed by atoms with Crippen molar-refractivity contribution in [1.29, 1.82) is 5.26 Å². The summed E-state index contributed by atoms with van der Waals surface area (Å²) in [5, 5.41) is 18.6. The fourth-order valence-electron chi connectivity index (χ4n) is 4.21. The van der Waals surface area contributed by atoms with Crippen LogP contribution in [0.1, 0.15) is 60.0 Å². The number of aliphatic imine (C=N–C) groups is 1. The molecule has 1 unspecified atom stereocenters. The molecule has 0 spiro atoms. The second-order valence-corrected chi connectivity index (χ2v) is 9.69. The van der Waals surface area contributed by atoms with E-state index in [-0.39, 0.29) is 43.3 Å². The second kappa shape index (κ2) is 11.0. The summed E-state index contributed by atoms with van der Waals surface area (Å²) >= 11 is 6.34. The first-order valence-corrected chi connectivity index (χ1v) is 12.4. The van der Waals surface area contributed by atoms with E-state index in [1.54, 1.807) is 6.07 Å². The molecule has 188 valence electrons. The molecule has 0 saturated heterocycles. The number of amides is 1. The smallest absolute Gasteiger partial charge is 0.253 e. The van der Waals surface area contributed by atoms with Crippen LogP contribution in [0.2, 0.25) is 5.02 Å². The molecule has 0 bridgehead atoms. The monoisotopic (exact) mass is 510 g/mol. The Balaban J connectivity index is 1.34. The van der Waals surface area contributed by atoms with Crippen LogP contribution in [0.25, 0.3) is 0 Å². The van der Waals surface area contributed by atoms with Crippen molar-refractivity contribution < 1.29 is 14.0 Å². The molecule has 1 aromatic carbocycles. The van der Waals surface area contributed by atoms with E-state index >= 15 is 0 Å². The van der Waals surface area contributed by atoms with Gasteiger partial charge in [0.25, 0.3) is 5.91 Å². The van der Waals surface area contributed by atoms with Crippen molar-refractivity contribution >= 4 is 34.9 Å².